The third-order valence-corrected chi connectivity index (χ3v) is 13.4. The molecule has 0 aliphatic heterocycles. The third kappa shape index (κ3) is 7.98. The average molecular weight is 637 g/mol. The minimum Gasteiger partial charge on any atom is -0.496 e. The van der Waals surface area contributed by atoms with Gasteiger partial charge in [0.25, 0.3) is 8.32 Å². The van der Waals surface area contributed by atoms with Crippen molar-refractivity contribution in [2.45, 2.75) is 71.1 Å². The van der Waals surface area contributed by atoms with E-state index < -0.39 is 8.32 Å². The maximum absolute atomic E-state index is 13.3. The molecule has 0 saturated carbocycles. The van der Waals surface area contributed by atoms with Crippen LogP contribution in [0.1, 0.15) is 76.2 Å². The van der Waals surface area contributed by atoms with Gasteiger partial charge in [-0.15, -0.1) is 0 Å². The summed E-state index contributed by atoms with van der Waals surface area (Å²) in [4.78, 5) is 13.3. The molecule has 0 amide bonds. The summed E-state index contributed by atoms with van der Waals surface area (Å²) in [6, 6.07) is 35.0. The van der Waals surface area contributed by atoms with Crippen molar-refractivity contribution >= 4 is 24.7 Å². The minimum atomic E-state index is -2.76. The number of hydrogen-bond donors (Lipinski definition) is 0. The minimum absolute atomic E-state index is 0.151. The lowest BCUT2D eigenvalue weighted by Gasteiger charge is -2.43. The second kappa shape index (κ2) is 15.9. The van der Waals surface area contributed by atoms with Crippen LogP contribution in [0.4, 0.5) is 0 Å². The maximum atomic E-state index is 13.3. The van der Waals surface area contributed by atoms with E-state index in [0.717, 1.165) is 23.1 Å². The Morgan fingerprint density at radius 1 is 0.804 bits per heavy atom. The Hall–Kier alpha value is -4.13. The predicted molar refractivity (Wildman–Crippen MR) is 190 cm³/mol. The molecule has 0 saturated heterocycles. The molecule has 6 heteroatoms. The average Bonchev–Trinajstić information content (AvgIpc) is 3.07. The number of ether oxygens (including phenoxy) is 3. The van der Waals surface area contributed by atoms with Gasteiger partial charge in [-0.1, -0.05) is 131 Å². The fourth-order valence-electron chi connectivity index (χ4n) is 6.18. The van der Waals surface area contributed by atoms with Crippen LogP contribution in [-0.4, -0.2) is 28.5 Å². The lowest BCUT2D eigenvalue weighted by molar-refractivity contribution is -0.148. The van der Waals surface area contributed by atoms with Gasteiger partial charge in [-0.25, -0.2) is 0 Å². The van der Waals surface area contributed by atoms with E-state index in [0.29, 0.717) is 18.1 Å². The normalized spacial score (nSPS) is 13.3. The van der Waals surface area contributed by atoms with Gasteiger partial charge >= 0.3 is 5.97 Å². The topological polar surface area (TPSA) is 54.0 Å². The highest BCUT2D eigenvalue weighted by molar-refractivity contribution is 6.99. The van der Waals surface area contributed by atoms with Crippen molar-refractivity contribution in [1.82, 2.24) is 0 Å². The molecule has 0 spiro atoms. The monoisotopic (exact) mass is 636 g/mol. The van der Waals surface area contributed by atoms with Crippen LogP contribution < -0.4 is 19.8 Å². The Morgan fingerprint density at radius 3 is 1.76 bits per heavy atom. The highest BCUT2D eigenvalue weighted by Gasteiger charge is 2.50. The molecular weight excluding hydrogens is 589 g/mol. The van der Waals surface area contributed by atoms with Crippen molar-refractivity contribution in [3.63, 3.8) is 0 Å². The van der Waals surface area contributed by atoms with Crippen LogP contribution in [0.5, 0.6) is 11.5 Å². The first kappa shape index (κ1) is 34.7. The summed E-state index contributed by atoms with van der Waals surface area (Å²) in [5.41, 5.74) is 2.70. The molecule has 5 nitrogen and oxygen atoms in total. The van der Waals surface area contributed by atoms with Crippen LogP contribution in [0.2, 0.25) is 5.04 Å². The van der Waals surface area contributed by atoms with E-state index in [4.69, 9.17) is 18.6 Å². The van der Waals surface area contributed by atoms with E-state index >= 15 is 0 Å². The molecule has 46 heavy (non-hydrogen) atoms. The predicted octanol–water partition coefficient (Wildman–Crippen LogP) is 8.52. The molecule has 1 unspecified atom stereocenters. The smallest absolute Gasteiger partial charge is 0.307 e. The number of carbonyl (C=O) groups is 1. The summed E-state index contributed by atoms with van der Waals surface area (Å²) < 4.78 is 25.0. The molecular formula is C40H48O5Si. The summed E-state index contributed by atoms with van der Waals surface area (Å²) in [5, 5.41) is 2.28. The quantitative estimate of drug-likeness (QED) is 0.0789. The molecule has 4 aromatic carbocycles. The Labute approximate surface area is 276 Å². The van der Waals surface area contributed by atoms with E-state index in [-0.39, 0.29) is 29.5 Å². The zero-order chi connectivity index (χ0) is 33.2. The van der Waals surface area contributed by atoms with Gasteiger partial charge in [-0.3, -0.25) is 4.79 Å². The number of hydrogen-bond acceptors (Lipinski definition) is 5. The fraction of sp³-hybridized carbons (Fsp3) is 0.325. The first-order valence-corrected chi connectivity index (χ1v) is 18.0. The molecule has 0 N–H and O–H groups in total. The summed E-state index contributed by atoms with van der Waals surface area (Å²) in [7, 11) is 0.549. The number of esters is 1. The van der Waals surface area contributed by atoms with Crippen LogP contribution in [0.15, 0.2) is 115 Å². The van der Waals surface area contributed by atoms with Gasteiger partial charge in [-0.05, 0) is 52.0 Å². The van der Waals surface area contributed by atoms with Crippen molar-refractivity contribution in [3.8, 4) is 11.5 Å². The standard InChI is InChI=1S/C40H48O5Si/c1-8-9-19-33(28-38(41)45-30(2)32-20-13-10-14-21-32)39-36(42-6)26-31(27-37(39)43-7)29-44-46(40(3,4)5,34-22-15-11-16-23-34)35-24-17-12-18-25-35/h9-27,30,33H,8,28-29H2,1-7H3/b19-9+/t30?,33-/m0/s1. The van der Waals surface area contributed by atoms with Crippen LogP contribution in [-0.2, 0) is 20.6 Å². The Bertz CT molecular complexity index is 1500. The van der Waals surface area contributed by atoms with Gasteiger partial charge in [0.15, 0.2) is 0 Å². The first-order valence-electron chi connectivity index (χ1n) is 16.1. The lowest BCUT2D eigenvalue weighted by Crippen LogP contribution is -2.66. The molecule has 0 heterocycles. The molecule has 242 valence electrons. The highest BCUT2D eigenvalue weighted by atomic mass is 28.4. The van der Waals surface area contributed by atoms with Gasteiger partial charge in [0.2, 0.25) is 0 Å². The molecule has 0 aliphatic carbocycles. The second-order valence-corrected chi connectivity index (χ2v) is 16.9. The molecule has 0 bridgehead atoms. The van der Waals surface area contributed by atoms with Crippen LogP contribution >= 0.6 is 0 Å². The Kier molecular flexibility index (Phi) is 12.0. The van der Waals surface area contributed by atoms with Gasteiger partial charge in [-0.2, -0.15) is 0 Å². The third-order valence-electron chi connectivity index (χ3n) is 8.41. The van der Waals surface area contributed by atoms with E-state index in [1.54, 1.807) is 14.2 Å². The van der Waals surface area contributed by atoms with Gasteiger partial charge < -0.3 is 18.6 Å². The molecule has 0 aromatic heterocycles. The zero-order valence-corrected chi connectivity index (χ0v) is 29.3. The van der Waals surface area contributed by atoms with E-state index in [2.05, 4.69) is 82.3 Å². The van der Waals surface area contributed by atoms with Crippen LogP contribution in [0, 0.1) is 0 Å². The summed E-state index contributed by atoms with van der Waals surface area (Å²) >= 11 is 0. The SMILES string of the molecule is CC/C=C/[C@@H](CC(=O)OC(C)c1ccccc1)c1c(OC)cc(CO[Si](c2ccccc2)(c2ccccc2)C(C)(C)C)cc1OC. The van der Waals surface area contributed by atoms with Crippen molar-refractivity contribution in [1.29, 1.82) is 0 Å². The number of carbonyl (C=O) groups excluding carboxylic acids is 1. The molecule has 4 aromatic rings. The zero-order valence-electron chi connectivity index (χ0n) is 28.3. The van der Waals surface area contributed by atoms with Gasteiger partial charge in [0.1, 0.15) is 17.6 Å². The number of benzene rings is 4. The number of rotatable bonds is 14. The van der Waals surface area contributed by atoms with E-state index in [1.807, 2.05) is 67.6 Å². The maximum Gasteiger partial charge on any atom is 0.307 e. The first-order chi connectivity index (χ1) is 22.1. The second-order valence-electron chi connectivity index (χ2n) is 12.6. The Balaban J connectivity index is 1.69. The number of allylic oxidation sites excluding steroid dienone is 2. The molecule has 4 rings (SSSR count). The lowest BCUT2D eigenvalue weighted by atomic mass is 9.92. The van der Waals surface area contributed by atoms with Crippen LogP contribution in [0.3, 0.4) is 0 Å². The number of methoxy groups -OCH3 is 2. The van der Waals surface area contributed by atoms with Crippen molar-refractivity contribution < 1.29 is 23.4 Å². The molecule has 0 radical (unpaired) electrons. The fourth-order valence-corrected chi connectivity index (χ4v) is 10.7. The van der Waals surface area contributed by atoms with Crippen LogP contribution in [0.25, 0.3) is 0 Å². The summed E-state index contributed by atoms with van der Waals surface area (Å²) in [6.45, 7) is 11.1. The van der Waals surface area contributed by atoms with Gasteiger partial charge in [0.05, 0.1) is 27.2 Å². The summed E-state index contributed by atoms with van der Waals surface area (Å²) in [6.07, 6.45) is 4.75. The van der Waals surface area contributed by atoms with Crippen molar-refractivity contribution in [3.05, 3.63) is 132 Å². The molecule has 0 aliphatic rings. The van der Waals surface area contributed by atoms with Gasteiger partial charge in [0, 0.05) is 11.5 Å². The Morgan fingerprint density at radius 2 is 1.30 bits per heavy atom. The largest absolute Gasteiger partial charge is 0.496 e. The van der Waals surface area contributed by atoms with E-state index in [1.165, 1.54) is 10.4 Å². The van der Waals surface area contributed by atoms with Crippen molar-refractivity contribution in [2.24, 2.45) is 0 Å². The highest BCUT2D eigenvalue weighted by Crippen LogP contribution is 2.41. The molecule has 2 atom stereocenters. The summed E-state index contributed by atoms with van der Waals surface area (Å²) in [5.74, 6) is 0.711. The van der Waals surface area contributed by atoms with Crippen molar-refractivity contribution in [2.75, 3.05) is 14.2 Å². The molecule has 0 fully saturated rings. The van der Waals surface area contributed by atoms with E-state index in [9.17, 15) is 4.79 Å².